The molecule has 1 aliphatic rings. The summed E-state index contributed by atoms with van der Waals surface area (Å²) in [5.74, 6) is 0.211. The van der Waals surface area contributed by atoms with Crippen LogP contribution in [-0.2, 0) is 9.59 Å². The number of methoxy groups -OCH3 is 1. The van der Waals surface area contributed by atoms with Crippen LogP contribution < -0.4 is 10.1 Å². The van der Waals surface area contributed by atoms with Crippen molar-refractivity contribution in [3.8, 4) is 5.75 Å². The Morgan fingerprint density at radius 3 is 2.71 bits per heavy atom. The van der Waals surface area contributed by atoms with Crippen molar-refractivity contribution in [1.82, 2.24) is 10.3 Å². The quantitative estimate of drug-likeness (QED) is 0.866. The Kier molecular flexibility index (Phi) is 4.89. The van der Waals surface area contributed by atoms with Gasteiger partial charge < -0.3 is 10.1 Å². The zero-order chi connectivity index (χ0) is 15.6. The predicted octanol–water partition coefficient (Wildman–Crippen LogP) is 2.46. The lowest BCUT2D eigenvalue weighted by Crippen LogP contribution is -2.25. The summed E-state index contributed by atoms with van der Waals surface area (Å²) in [6, 6.07) is 5.54. The Bertz CT molecular complexity index is 621. The van der Waals surface area contributed by atoms with Crippen molar-refractivity contribution in [3.63, 3.8) is 0 Å². The van der Waals surface area contributed by atoms with Crippen LogP contribution in [0.25, 0.3) is 0 Å². The lowest BCUT2D eigenvalue weighted by atomic mass is 10.2. The minimum atomic E-state index is -0.378. The molecule has 0 spiro atoms. The molecule has 2 amide bonds. The summed E-state index contributed by atoms with van der Waals surface area (Å²) in [6.07, 6.45) is 0. The molecule has 1 aromatic rings. The molecule has 112 valence electrons. The van der Waals surface area contributed by atoms with Crippen molar-refractivity contribution in [2.45, 2.75) is 19.2 Å². The average molecular weight is 372 g/mol. The van der Waals surface area contributed by atoms with E-state index in [1.807, 2.05) is 18.2 Å². The van der Waals surface area contributed by atoms with Crippen molar-refractivity contribution >= 4 is 44.7 Å². The van der Waals surface area contributed by atoms with Gasteiger partial charge in [-0.05, 0) is 18.2 Å². The summed E-state index contributed by atoms with van der Waals surface area (Å²) in [5.41, 5.74) is 0.802. The van der Waals surface area contributed by atoms with Crippen molar-refractivity contribution in [3.05, 3.63) is 28.2 Å². The molecule has 0 bridgehead atoms. The first-order valence-electron chi connectivity index (χ1n) is 6.08. The number of hydrogen-bond acceptors (Lipinski definition) is 5. The minimum Gasteiger partial charge on any atom is -0.496 e. The summed E-state index contributed by atoms with van der Waals surface area (Å²) in [5, 5.41) is 8.11. The second-order valence-electron chi connectivity index (χ2n) is 4.31. The molecule has 1 N–H and O–H groups in total. The van der Waals surface area contributed by atoms with Crippen LogP contribution in [0.3, 0.4) is 0 Å². The third-order valence-corrected chi connectivity index (χ3v) is 4.28. The zero-order valence-corrected chi connectivity index (χ0v) is 14.1. The van der Waals surface area contributed by atoms with E-state index in [1.54, 1.807) is 7.11 Å². The molecule has 21 heavy (non-hydrogen) atoms. The van der Waals surface area contributed by atoms with Crippen LogP contribution >= 0.6 is 27.7 Å². The molecule has 1 atom stereocenters. The molecular formula is C13H14BrN3O3S. The maximum atomic E-state index is 11.8. The Hall–Kier alpha value is -1.54. The highest BCUT2D eigenvalue weighted by Crippen LogP contribution is 2.43. The number of hydrazone groups is 1. The number of hydrogen-bond donors (Lipinski definition) is 1. The molecule has 8 heteroatoms. The number of halogens is 1. The number of ether oxygens (including phenoxy) is 1. The van der Waals surface area contributed by atoms with Gasteiger partial charge in [-0.1, -0.05) is 27.7 Å². The molecule has 0 unspecified atom stereocenters. The van der Waals surface area contributed by atoms with E-state index in [0.29, 0.717) is 10.9 Å². The fraction of sp³-hybridized carbons (Fsp3) is 0.308. The van der Waals surface area contributed by atoms with Gasteiger partial charge in [0.25, 0.3) is 0 Å². The standard InChI is InChI=1S/C13H14BrN3O3S/c1-7(18)15-13-16-17(8(2)19)12(21-13)10-6-9(14)4-5-11(10)20-3/h4-6,12H,1-3H3,(H,15,16,18)/t12-/m0/s1. The van der Waals surface area contributed by atoms with Gasteiger partial charge in [0, 0.05) is 23.9 Å². The van der Waals surface area contributed by atoms with Gasteiger partial charge in [-0.2, -0.15) is 0 Å². The first kappa shape index (κ1) is 15.8. The first-order chi connectivity index (χ1) is 9.92. The van der Waals surface area contributed by atoms with E-state index < -0.39 is 0 Å². The molecular weight excluding hydrogens is 358 g/mol. The molecule has 2 rings (SSSR count). The summed E-state index contributed by atoms with van der Waals surface area (Å²) in [4.78, 5) is 22.9. The molecule has 0 aromatic heterocycles. The highest BCUT2D eigenvalue weighted by Gasteiger charge is 2.34. The van der Waals surface area contributed by atoms with E-state index in [2.05, 4.69) is 26.3 Å². The first-order valence-corrected chi connectivity index (χ1v) is 7.75. The van der Waals surface area contributed by atoms with Crippen molar-refractivity contribution in [2.24, 2.45) is 5.10 Å². The van der Waals surface area contributed by atoms with E-state index in [9.17, 15) is 9.59 Å². The number of amidine groups is 1. The van der Waals surface area contributed by atoms with Gasteiger partial charge in [0.05, 0.1) is 7.11 Å². The summed E-state index contributed by atoms with van der Waals surface area (Å²) < 4.78 is 6.22. The van der Waals surface area contributed by atoms with Gasteiger partial charge in [-0.25, -0.2) is 5.01 Å². The molecule has 0 aliphatic carbocycles. The Balaban J connectivity index is 2.37. The Morgan fingerprint density at radius 1 is 1.43 bits per heavy atom. The monoisotopic (exact) mass is 371 g/mol. The normalized spacial score (nSPS) is 17.4. The topological polar surface area (TPSA) is 71.0 Å². The molecule has 0 saturated carbocycles. The van der Waals surface area contributed by atoms with Crippen LogP contribution in [-0.4, -0.2) is 29.1 Å². The largest absolute Gasteiger partial charge is 0.496 e. The maximum Gasteiger partial charge on any atom is 0.241 e. The fourth-order valence-corrected chi connectivity index (χ4v) is 3.40. The number of thioether (sulfide) groups is 1. The van der Waals surface area contributed by atoms with Crippen LogP contribution in [0.4, 0.5) is 0 Å². The highest BCUT2D eigenvalue weighted by atomic mass is 79.9. The van der Waals surface area contributed by atoms with Gasteiger partial charge >= 0.3 is 0 Å². The number of carbonyl (C=O) groups is 2. The van der Waals surface area contributed by atoms with Gasteiger partial charge in [0.1, 0.15) is 11.1 Å². The summed E-state index contributed by atoms with van der Waals surface area (Å²) in [7, 11) is 1.57. The zero-order valence-electron chi connectivity index (χ0n) is 11.7. The van der Waals surface area contributed by atoms with Gasteiger partial charge in [-0.15, -0.1) is 5.10 Å². The van der Waals surface area contributed by atoms with Gasteiger partial charge in [0.2, 0.25) is 11.8 Å². The smallest absolute Gasteiger partial charge is 0.241 e. The average Bonchev–Trinajstić information content (AvgIpc) is 2.81. The number of nitrogens with zero attached hydrogens (tertiary/aromatic N) is 2. The van der Waals surface area contributed by atoms with Gasteiger partial charge in [0.15, 0.2) is 5.17 Å². The number of nitrogens with one attached hydrogen (secondary N) is 1. The lowest BCUT2D eigenvalue weighted by molar-refractivity contribution is -0.129. The van der Waals surface area contributed by atoms with Gasteiger partial charge in [-0.3, -0.25) is 9.59 Å². The molecule has 0 saturated heterocycles. The van der Waals surface area contributed by atoms with E-state index in [0.717, 1.165) is 10.0 Å². The lowest BCUT2D eigenvalue weighted by Gasteiger charge is -2.21. The van der Waals surface area contributed by atoms with Crippen LogP contribution in [0, 0.1) is 0 Å². The number of rotatable bonds is 2. The molecule has 1 aromatic carbocycles. The summed E-state index contributed by atoms with van der Waals surface area (Å²) >= 11 is 4.70. The number of carbonyl (C=O) groups excluding carboxylic acids is 2. The highest BCUT2D eigenvalue weighted by molar-refractivity contribution is 9.10. The molecule has 6 nitrogen and oxygen atoms in total. The van der Waals surface area contributed by atoms with E-state index >= 15 is 0 Å². The Labute approximate surface area is 135 Å². The third kappa shape index (κ3) is 3.56. The second-order valence-corrected chi connectivity index (χ2v) is 6.29. The minimum absolute atomic E-state index is 0.213. The number of amides is 2. The molecule has 0 fully saturated rings. The SMILES string of the molecule is COc1ccc(Br)cc1[C@@H]1SC(NC(C)=O)=NN1C(C)=O. The third-order valence-electron chi connectivity index (χ3n) is 2.71. The predicted molar refractivity (Wildman–Crippen MR) is 84.8 cm³/mol. The molecule has 0 radical (unpaired) electrons. The van der Waals surface area contributed by atoms with Crippen LogP contribution in [0.2, 0.25) is 0 Å². The van der Waals surface area contributed by atoms with Crippen molar-refractivity contribution in [1.29, 1.82) is 0 Å². The second kappa shape index (κ2) is 6.48. The molecule has 1 heterocycles. The van der Waals surface area contributed by atoms with Crippen LogP contribution in [0.5, 0.6) is 5.75 Å². The number of benzene rings is 1. The van der Waals surface area contributed by atoms with Crippen molar-refractivity contribution in [2.75, 3.05) is 7.11 Å². The van der Waals surface area contributed by atoms with Crippen LogP contribution in [0.1, 0.15) is 24.8 Å². The fourth-order valence-electron chi connectivity index (χ4n) is 1.86. The van der Waals surface area contributed by atoms with E-state index in [1.165, 1.54) is 30.6 Å². The van der Waals surface area contributed by atoms with Crippen molar-refractivity contribution < 1.29 is 14.3 Å². The van der Waals surface area contributed by atoms with E-state index in [-0.39, 0.29) is 17.2 Å². The Morgan fingerprint density at radius 2 is 2.14 bits per heavy atom. The summed E-state index contributed by atoms with van der Waals surface area (Å²) in [6.45, 7) is 2.83. The van der Waals surface area contributed by atoms with E-state index in [4.69, 9.17) is 4.74 Å². The van der Waals surface area contributed by atoms with Crippen LogP contribution in [0.15, 0.2) is 27.8 Å². The maximum absolute atomic E-state index is 11.8. The molecule has 1 aliphatic heterocycles.